The van der Waals surface area contributed by atoms with Crippen molar-refractivity contribution in [2.24, 2.45) is 76.4 Å². The van der Waals surface area contributed by atoms with E-state index in [-0.39, 0.29) is 0 Å². The van der Waals surface area contributed by atoms with Crippen LogP contribution in [0.3, 0.4) is 0 Å². The largest absolute Gasteiger partial charge is 0.154 e. The quantitative estimate of drug-likeness (QED) is 0.279. The minimum atomic E-state index is -1.49. The maximum Gasteiger partial charge on any atom is 0.0604 e. The van der Waals surface area contributed by atoms with Crippen LogP contribution in [0.15, 0.2) is 0 Å². The zero-order valence-electron chi connectivity index (χ0n) is 29.3. The summed E-state index contributed by atoms with van der Waals surface area (Å²) >= 11 is 2.54. The number of hydrogen-bond acceptors (Lipinski definition) is 1. The molecule has 7 fully saturated rings. The average Bonchev–Trinajstić information content (AvgIpc) is 3.73. The van der Waals surface area contributed by atoms with E-state index in [1.165, 1.54) is 19.3 Å². The van der Waals surface area contributed by atoms with Gasteiger partial charge in [-0.2, -0.15) is 11.8 Å². The lowest BCUT2D eigenvalue weighted by atomic mass is 9.56. The van der Waals surface area contributed by atoms with Gasteiger partial charge in [-0.05, 0) is 145 Å². The molecule has 0 bridgehead atoms. The van der Waals surface area contributed by atoms with E-state index in [1.807, 2.05) is 0 Å². The van der Waals surface area contributed by atoms with Gasteiger partial charge < -0.3 is 0 Å². The monoisotopic (exact) mass is 610 g/mol. The van der Waals surface area contributed by atoms with E-state index < -0.39 is 8.07 Å². The van der Waals surface area contributed by atoms with Crippen molar-refractivity contribution in [1.82, 2.24) is 0 Å². The Labute approximate surface area is 267 Å². The van der Waals surface area contributed by atoms with Gasteiger partial charge >= 0.3 is 0 Å². The van der Waals surface area contributed by atoms with E-state index in [1.54, 1.807) is 76.3 Å². The summed E-state index contributed by atoms with van der Waals surface area (Å²) in [4.78, 5) is 0. The van der Waals surface area contributed by atoms with Crippen LogP contribution in [0.25, 0.3) is 0 Å². The van der Waals surface area contributed by atoms with Crippen molar-refractivity contribution in [3.63, 3.8) is 0 Å². The first-order valence-electron chi connectivity index (χ1n) is 19.8. The molecule has 0 amide bonds. The highest BCUT2D eigenvalue weighted by Gasteiger charge is 2.67. The van der Waals surface area contributed by atoms with Crippen LogP contribution in [-0.4, -0.2) is 18.6 Å². The lowest BCUT2D eigenvalue weighted by Crippen LogP contribution is -2.53. The van der Waals surface area contributed by atoms with Gasteiger partial charge in [-0.3, -0.25) is 0 Å². The summed E-state index contributed by atoms with van der Waals surface area (Å²) in [7, 11) is -1.49. The third-order valence-electron chi connectivity index (χ3n) is 17.0. The Morgan fingerprint density at radius 3 is 2.00 bits per heavy atom. The zero-order valence-corrected chi connectivity index (χ0v) is 31.1. The molecule has 1 heterocycles. The second kappa shape index (κ2) is 11.7. The fraction of sp³-hybridized carbons (Fsp3) is 1.00. The summed E-state index contributed by atoms with van der Waals surface area (Å²) in [5, 5.41) is 2.04. The molecule has 0 radical (unpaired) electrons. The summed E-state index contributed by atoms with van der Waals surface area (Å²) in [5.41, 5.74) is 2.78. The number of rotatable bonds is 5. The highest BCUT2D eigenvalue weighted by atomic mass is 32.2. The first-order chi connectivity index (χ1) is 20.1. The minimum Gasteiger partial charge on any atom is -0.154 e. The van der Waals surface area contributed by atoms with Gasteiger partial charge in [-0.1, -0.05) is 93.2 Å². The van der Waals surface area contributed by atoms with Crippen LogP contribution in [0.4, 0.5) is 0 Å². The van der Waals surface area contributed by atoms with Crippen molar-refractivity contribution >= 4 is 19.8 Å². The first kappa shape index (κ1) is 31.2. The summed E-state index contributed by atoms with van der Waals surface area (Å²) in [6.45, 7) is 21.4. The Morgan fingerprint density at radius 2 is 1.31 bits per heavy atom. The zero-order chi connectivity index (χ0) is 29.6. The Balaban J connectivity index is 1.21. The summed E-state index contributed by atoms with van der Waals surface area (Å²) < 4.78 is 0. The standard InChI is InChI=1S/C40H70SSi/c1-9-42(10-2,39-26(5)25(4)37-36(39)31-15-11-12-17-34(31)41-37)38-24(3)22-32-33(38)23-28-14-13-16-30(28)35(32)27-18-20-29(21-19-27)40(6,7)8/h24-39H,9-23H2,1-8H3. The Morgan fingerprint density at radius 1 is 0.619 bits per heavy atom. The van der Waals surface area contributed by atoms with Crippen LogP contribution >= 0.6 is 11.8 Å². The van der Waals surface area contributed by atoms with Gasteiger partial charge in [0.1, 0.15) is 0 Å². The molecule has 7 aliphatic rings. The van der Waals surface area contributed by atoms with Gasteiger partial charge in [-0.25, -0.2) is 0 Å². The molecule has 2 heteroatoms. The van der Waals surface area contributed by atoms with E-state index in [0.717, 1.165) is 92.6 Å². The summed E-state index contributed by atoms with van der Waals surface area (Å²) in [6, 6.07) is 3.20. The molecule has 14 atom stereocenters. The van der Waals surface area contributed by atoms with Crippen molar-refractivity contribution < 1.29 is 0 Å². The number of hydrogen-bond donors (Lipinski definition) is 0. The minimum absolute atomic E-state index is 0.513. The second-order valence-electron chi connectivity index (χ2n) is 19.1. The molecular formula is C40H70SSi. The van der Waals surface area contributed by atoms with Crippen LogP contribution in [0.5, 0.6) is 0 Å². The fourth-order valence-corrected chi connectivity index (χ4v) is 25.6. The average molecular weight is 611 g/mol. The van der Waals surface area contributed by atoms with E-state index >= 15 is 0 Å². The topological polar surface area (TPSA) is 0 Å². The molecule has 0 aromatic heterocycles. The van der Waals surface area contributed by atoms with Crippen LogP contribution in [0.1, 0.15) is 139 Å². The van der Waals surface area contributed by atoms with Crippen molar-refractivity contribution in [1.29, 1.82) is 0 Å². The maximum atomic E-state index is 2.83. The van der Waals surface area contributed by atoms with E-state index in [9.17, 15) is 0 Å². The van der Waals surface area contributed by atoms with Crippen LogP contribution in [0.2, 0.25) is 23.2 Å². The highest BCUT2D eigenvalue weighted by Crippen LogP contribution is 2.72. The van der Waals surface area contributed by atoms with E-state index in [2.05, 4.69) is 67.2 Å². The lowest BCUT2D eigenvalue weighted by molar-refractivity contribution is 0.00154. The van der Waals surface area contributed by atoms with Crippen molar-refractivity contribution in [3.8, 4) is 0 Å². The first-order valence-corrected chi connectivity index (χ1v) is 23.3. The second-order valence-corrected chi connectivity index (χ2v) is 25.7. The summed E-state index contributed by atoms with van der Waals surface area (Å²) in [5.74, 6) is 12.7. The Kier molecular flexibility index (Phi) is 8.66. The van der Waals surface area contributed by atoms with Gasteiger partial charge in [-0.15, -0.1) is 0 Å². The molecule has 1 aliphatic heterocycles. The molecule has 1 saturated heterocycles. The normalized spacial score (nSPS) is 52.6. The Bertz CT molecular complexity index is 938. The van der Waals surface area contributed by atoms with Gasteiger partial charge in [0, 0.05) is 10.5 Å². The lowest BCUT2D eigenvalue weighted by Gasteiger charge is -2.54. The van der Waals surface area contributed by atoms with Gasteiger partial charge in [0.05, 0.1) is 8.07 Å². The third-order valence-corrected chi connectivity index (χ3v) is 26.2. The van der Waals surface area contributed by atoms with Crippen LogP contribution < -0.4 is 0 Å². The van der Waals surface area contributed by atoms with Gasteiger partial charge in [0.15, 0.2) is 0 Å². The molecule has 6 saturated carbocycles. The smallest absolute Gasteiger partial charge is 0.0604 e. The molecule has 0 spiro atoms. The number of fused-ring (bicyclic) bond motifs is 5. The predicted octanol–water partition coefficient (Wildman–Crippen LogP) is 12.4. The van der Waals surface area contributed by atoms with Crippen molar-refractivity contribution in [2.45, 2.75) is 173 Å². The molecule has 14 unspecified atom stereocenters. The molecule has 240 valence electrons. The molecule has 0 aromatic carbocycles. The fourth-order valence-electron chi connectivity index (χ4n) is 15.3. The van der Waals surface area contributed by atoms with Gasteiger partial charge in [0.25, 0.3) is 0 Å². The van der Waals surface area contributed by atoms with E-state index in [4.69, 9.17) is 0 Å². The van der Waals surface area contributed by atoms with Crippen LogP contribution in [-0.2, 0) is 0 Å². The third kappa shape index (κ3) is 4.76. The SMILES string of the molecule is CC[Si](CC)(C1C(C)CC2C1CC1CCCC1C2C1CCC(C(C)(C)C)CC1)C1C(C)C(C)C2SC3CCCCC3C21. The highest BCUT2D eigenvalue weighted by molar-refractivity contribution is 8.00. The van der Waals surface area contributed by atoms with Gasteiger partial charge in [0.2, 0.25) is 0 Å². The number of thioether (sulfide) groups is 1. The molecule has 0 aromatic rings. The summed E-state index contributed by atoms with van der Waals surface area (Å²) in [6.07, 6.45) is 20.5. The Hall–Kier alpha value is 0.567. The molecule has 0 nitrogen and oxygen atoms in total. The maximum absolute atomic E-state index is 2.83. The predicted molar refractivity (Wildman–Crippen MR) is 188 cm³/mol. The van der Waals surface area contributed by atoms with Crippen molar-refractivity contribution in [2.75, 3.05) is 0 Å². The molecule has 6 aliphatic carbocycles. The molecular weight excluding hydrogens is 541 g/mol. The van der Waals surface area contributed by atoms with E-state index in [0.29, 0.717) is 5.41 Å². The molecule has 42 heavy (non-hydrogen) atoms. The molecule has 0 N–H and O–H groups in total. The van der Waals surface area contributed by atoms with Crippen molar-refractivity contribution in [3.05, 3.63) is 0 Å². The van der Waals surface area contributed by atoms with Crippen LogP contribution in [0, 0.1) is 76.4 Å². The molecule has 7 rings (SSSR count).